The number of carbonyl (C=O) groups is 2. The molecule has 0 aliphatic carbocycles. The van der Waals surface area contributed by atoms with E-state index in [1.165, 1.54) is 12.1 Å². The smallest absolute Gasteiger partial charge is 0.467 e. The maximum atomic E-state index is 12.5. The predicted molar refractivity (Wildman–Crippen MR) is 71.4 cm³/mol. The van der Waals surface area contributed by atoms with E-state index in [1.807, 2.05) is 0 Å². The molecular weight excluding hydrogens is 321 g/mol. The summed E-state index contributed by atoms with van der Waals surface area (Å²) in [6.45, 7) is 0. The van der Waals surface area contributed by atoms with E-state index in [-0.39, 0.29) is 17.0 Å². The van der Waals surface area contributed by atoms with Gasteiger partial charge in [-0.15, -0.1) is 0 Å². The number of likely N-dealkylation sites (N-methyl/N-ethyl adjacent to an activating group) is 1. The van der Waals surface area contributed by atoms with Gasteiger partial charge in [-0.2, -0.15) is 13.2 Å². The van der Waals surface area contributed by atoms with E-state index in [9.17, 15) is 32.9 Å². The third kappa shape index (κ3) is 4.66. The van der Waals surface area contributed by atoms with Crippen LogP contribution in [0.3, 0.4) is 0 Å². The van der Waals surface area contributed by atoms with E-state index in [1.54, 1.807) is 0 Å². The molecule has 10 heteroatoms. The van der Waals surface area contributed by atoms with Crippen molar-refractivity contribution < 1.29 is 32.4 Å². The Balaban J connectivity index is 3.01. The van der Waals surface area contributed by atoms with Crippen LogP contribution < -0.4 is 0 Å². The molecule has 1 atom stereocenters. The zero-order chi connectivity index (χ0) is 17.8. The minimum Gasteiger partial charge on any atom is -0.467 e. The van der Waals surface area contributed by atoms with Crippen LogP contribution in [-0.2, 0) is 20.7 Å². The largest absolute Gasteiger partial charge is 0.471 e. The Morgan fingerprint density at radius 2 is 1.83 bits per heavy atom. The van der Waals surface area contributed by atoms with Crippen LogP contribution in [0.1, 0.15) is 5.56 Å². The standard InChI is InChI=1S/C13H13F3N2O5/c1-17(12(20)13(14,15)16)10(11(19)23-2)7-8-3-5-9(6-4-8)18(21)22/h3-6,10H,7H2,1-2H3/t10-/m0/s1. The lowest BCUT2D eigenvalue weighted by Crippen LogP contribution is -2.49. The van der Waals surface area contributed by atoms with Gasteiger partial charge in [0.1, 0.15) is 6.04 Å². The number of non-ortho nitro benzene ring substituents is 1. The van der Waals surface area contributed by atoms with Gasteiger partial charge < -0.3 is 9.64 Å². The van der Waals surface area contributed by atoms with Gasteiger partial charge in [0.25, 0.3) is 5.69 Å². The number of benzene rings is 1. The van der Waals surface area contributed by atoms with Crippen LogP contribution >= 0.6 is 0 Å². The fourth-order valence-electron chi connectivity index (χ4n) is 1.83. The quantitative estimate of drug-likeness (QED) is 0.464. The Hall–Kier alpha value is -2.65. The molecule has 0 saturated carbocycles. The van der Waals surface area contributed by atoms with Crippen LogP contribution in [0, 0.1) is 10.1 Å². The van der Waals surface area contributed by atoms with Crippen LogP contribution in [0.5, 0.6) is 0 Å². The first-order valence-corrected chi connectivity index (χ1v) is 6.23. The minimum atomic E-state index is -5.13. The van der Waals surface area contributed by atoms with Crippen molar-refractivity contribution in [2.75, 3.05) is 14.2 Å². The summed E-state index contributed by atoms with van der Waals surface area (Å²) < 4.78 is 41.9. The monoisotopic (exact) mass is 334 g/mol. The molecule has 0 fully saturated rings. The second-order valence-electron chi connectivity index (χ2n) is 4.58. The number of nitrogens with zero attached hydrogens (tertiary/aromatic N) is 2. The molecule has 0 aliphatic heterocycles. The number of nitro groups is 1. The van der Waals surface area contributed by atoms with Gasteiger partial charge in [-0.3, -0.25) is 14.9 Å². The Morgan fingerprint density at radius 1 is 1.30 bits per heavy atom. The van der Waals surface area contributed by atoms with Gasteiger partial charge in [0.2, 0.25) is 0 Å². The zero-order valence-electron chi connectivity index (χ0n) is 12.2. The van der Waals surface area contributed by atoms with E-state index in [0.29, 0.717) is 5.56 Å². The lowest BCUT2D eigenvalue weighted by atomic mass is 10.0. The molecule has 1 rings (SSSR count). The van der Waals surface area contributed by atoms with Crippen LogP contribution in [0.25, 0.3) is 0 Å². The molecule has 0 unspecified atom stereocenters. The molecule has 0 aliphatic rings. The summed E-state index contributed by atoms with van der Waals surface area (Å²) in [5, 5.41) is 10.6. The molecule has 1 aromatic carbocycles. The molecule has 0 saturated heterocycles. The molecule has 23 heavy (non-hydrogen) atoms. The summed E-state index contributed by atoms with van der Waals surface area (Å²) in [6, 6.07) is 3.38. The molecule has 1 aromatic rings. The van der Waals surface area contributed by atoms with Gasteiger partial charge in [0.05, 0.1) is 12.0 Å². The number of amides is 1. The molecule has 0 radical (unpaired) electrons. The number of methoxy groups -OCH3 is 1. The number of halogens is 3. The highest BCUT2D eigenvalue weighted by Gasteiger charge is 2.44. The third-order valence-corrected chi connectivity index (χ3v) is 3.08. The van der Waals surface area contributed by atoms with Crippen LogP contribution in [0.2, 0.25) is 0 Å². The van der Waals surface area contributed by atoms with E-state index in [2.05, 4.69) is 4.74 Å². The van der Waals surface area contributed by atoms with Crippen LogP contribution in [-0.4, -0.2) is 48.1 Å². The average molecular weight is 334 g/mol. The van der Waals surface area contributed by atoms with Crippen molar-refractivity contribution in [3.05, 3.63) is 39.9 Å². The summed E-state index contributed by atoms with van der Waals surface area (Å²) in [5.74, 6) is -3.21. The number of nitro benzene ring substituents is 1. The highest BCUT2D eigenvalue weighted by molar-refractivity contribution is 5.87. The van der Waals surface area contributed by atoms with E-state index < -0.39 is 29.0 Å². The number of carbonyl (C=O) groups excluding carboxylic acids is 2. The van der Waals surface area contributed by atoms with Crippen molar-refractivity contribution in [3.8, 4) is 0 Å². The third-order valence-electron chi connectivity index (χ3n) is 3.08. The lowest BCUT2D eigenvalue weighted by Gasteiger charge is -2.26. The Bertz CT molecular complexity index is 601. The van der Waals surface area contributed by atoms with E-state index >= 15 is 0 Å². The van der Waals surface area contributed by atoms with Crippen LogP contribution in [0.4, 0.5) is 18.9 Å². The average Bonchev–Trinajstić information content (AvgIpc) is 2.50. The number of alkyl halides is 3. The van der Waals surface area contributed by atoms with Crippen molar-refractivity contribution in [3.63, 3.8) is 0 Å². The second-order valence-corrected chi connectivity index (χ2v) is 4.58. The SMILES string of the molecule is COC(=O)[C@H](Cc1ccc([N+](=O)[O-])cc1)N(C)C(=O)C(F)(F)F. The second kappa shape index (κ2) is 7.07. The van der Waals surface area contributed by atoms with Gasteiger partial charge in [-0.05, 0) is 5.56 Å². The van der Waals surface area contributed by atoms with Gasteiger partial charge in [0.15, 0.2) is 0 Å². The first kappa shape index (κ1) is 18.4. The summed E-state index contributed by atoms with van der Waals surface area (Å²) >= 11 is 0. The summed E-state index contributed by atoms with van der Waals surface area (Å²) in [7, 11) is 1.82. The highest BCUT2D eigenvalue weighted by atomic mass is 19.4. The Labute approximate surface area is 128 Å². The molecule has 0 spiro atoms. The van der Waals surface area contributed by atoms with Crippen molar-refractivity contribution in [1.82, 2.24) is 4.90 Å². The highest BCUT2D eigenvalue weighted by Crippen LogP contribution is 2.21. The van der Waals surface area contributed by atoms with Crippen molar-refractivity contribution in [1.29, 1.82) is 0 Å². The minimum absolute atomic E-state index is 0.205. The maximum absolute atomic E-state index is 12.5. The normalized spacial score (nSPS) is 12.4. The lowest BCUT2D eigenvalue weighted by molar-refractivity contribution is -0.384. The molecule has 0 heterocycles. The molecule has 7 nitrogen and oxygen atoms in total. The molecular formula is C13H13F3N2O5. The summed E-state index contributed by atoms with van der Waals surface area (Å²) in [6.07, 6.45) is -5.40. The Morgan fingerprint density at radius 3 is 2.22 bits per heavy atom. The molecule has 126 valence electrons. The van der Waals surface area contributed by atoms with E-state index in [0.717, 1.165) is 26.3 Å². The fraction of sp³-hybridized carbons (Fsp3) is 0.385. The topological polar surface area (TPSA) is 89.8 Å². The molecule has 0 bridgehead atoms. The number of hydrogen-bond acceptors (Lipinski definition) is 5. The van der Waals surface area contributed by atoms with Crippen molar-refractivity contribution >= 4 is 17.6 Å². The number of ether oxygens (including phenoxy) is 1. The van der Waals surface area contributed by atoms with Crippen molar-refractivity contribution in [2.24, 2.45) is 0 Å². The predicted octanol–water partition coefficient (Wildman–Crippen LogP) is 1.70. The molecule has 0 aromatic heterocycles. The fourth-order valence-corrected chi connectivity index (χ4v) is 1.83. The van der Waals surface area contributed by atoms with Gasteiger partial charge in [-0.1, -0.05) is 12.1 Å². The number of rotatable bonds is 5. The Kier molecular flexibility index (Phi) is 5.66. The van der Waals surface area contributed by atoms with Gasteiger partial charge in [0, 0.05) is 25.6 Å². The van der Waals surface area contributed by atoms with Gasteiger partial charge >= 0.3 is 18.1 Å². The molecule has 0 N–H and O–H groups in total. The molecule has 1 amide bonds. The number of esters is 1. The first-order valence-electron chi connectivity index (χ1n) is 6.23. The summed E-state index contributed by atoms with van der Waals surface area (Å²) in [4.78, 5) is 33.1. The zero-order valence-corrected chi connectivity index (χ0v) is 12.2. The summed E-state index contributed by atoms with van der Waals surface area (Å²) in [5.41, 5.74) is 0.135. The van der Waals surface area contributed by atoms with Crippen molar-refractivity contribution in [2.45, 2.75) is 18.6 Å². The maximum Gasteiger partial charge on any atom is 0.471 e. The van der Waals surface area contributed by atoms with E-state index in [4.69, 9.17) is 0 Å². The number of hydrogen-bond donors (Lipinski definition) is 0. The van der Waals surface area contributed by atoms with Crippen LogP contribution in [0.15, 0.2) is 24.3 Å². The first-order chi connectivity index (χ1) is 10.6. The van der Waals surface area contributed by atoms with Gasteiger partial charge in [-0.25, -0.2) is 4.79 Å².